The van der Waals surface area contributed by atoms with Crippen LogP contribution in [-0.2, 0) is 9.47 Å². The summed E-state index contributed by atoms with van der Waals surface area (Å²) >= 11 is 0. The zero-order chi connectivity index (χ0) is 26.5. The van der Waals surface area contributed by atoms with E-state index in [-0.39, 0.29) is 43.1 Å². The van der Waals surface area contributed by atoms with Crippen LogP contribution in [0, 0.1) is 17.7 Å². The van der Waals surface area contributed by atoms with E-state index in [4.69, 9.17) is 4.74 Å². The molecule has 1 aliphatic heterocycles. The second-order valence-electron chi connectivity index (χ2n) is 10.3. The van der Waals surface area contributed by atoms with E-state index in [0.29, 0.717) is 19.0 Å². The molecule has 3 amide bonds. The van der Waals surface area contributed by atoms with Crippen molar-refractivity contribution in [2.24, 2.45) is 11.8 Å². The molecular formula is C28H45FN4O4. The molecule has 3 atom stereocenters. The Bertz CT molecular complexity index is 836. The lowest BCUT2D eigenvalue weighted by Crippen LogP contribution is -2.52. The molecule has 0 aromatic heterocycles. The highest BCUT2D eigenvalue weighted by Gasteiger charge is 2.32. The number of carbonyl (C=O) groups excluding carboxylic acids is 2. The summed E-state index contributed by atoms with van der Waals surface area (Å²) < 4.78 is 24.9. The van der Waals surface area contributed by atoms with Crippen molar-refractivity contribution in [3.63, 3.8) is 0 Å². The standard InChI is InChI=1S/C28H45FN4O4/c1-3-30-19-25(17-21-9-5-4-6-10-21)32-27(34)33-15-8-12-23(20-33)26(22-11-7-13-24(29)18-22)37-16-14-31-28(35)36-2/h7,11,13,18,21,23,25-26,30H,3-6,8-10,12,14-17,19-20H2,1-2H3,(H,31,35)(H,32,34)/t23-,25+,26?/m1/s1. The summed E-state index contributed by atoms with van der Waals surface area (Å²) in [4.78, 5) is 26.6. The summed E-state index contributed by atoms with van der Waals surface area (Å²) in [6, 6.07) is 6.52. The van der Waals surface area contributed by atoms with Crippen molar-refractivity contribution in [3.05, 3.63) is 35.6 Å². The van der Waals surface area contributed by atoms with Gasteiger partial charge in [-0.3, -0.25) is 0 Å². The Balaban J connectivity index is 1.62. The average Bonchev–Trinajstić information content (AvgIpc) is 2.92. The number of hydrogen-bond donors (Lipinski definition) is 3. The quantitative estimate of drug-likeness (QED) is 0.350. The van der Waals surface area contributed by atoms with Crippen molar-refractivity contribution in [3.8, 4) is 0 Å². The van der Waals surface area contributed by atoms with E-state index in [1.807, 2.05) is 11.0 Å². The van der Waals surface area contributed by atoms with Gasteiger partial charge in [-0.05, 0) is 49.4 Å². The lowest BCUT2D eigenvalue weighted by Gasteiger charge is -2.38. The number of rotatable bonds is 12. The van der Waals surface area contributed by atoms with Crippen LogP contribution < -0.4 is 16.0 Å². The summed E-state index contributed by atoms with van der Waals surface area (Å²) in [5.41, 5.74) is 0.743. The fourth-order valence-corrected chi connectivity index (χ4v) is 5.64. The van der Waals surface area contributed by atoms with Gasteiger partial charge in [-0.15, -0.1) is 0 Å². The minimum atomic E-state index is -0.522. The number of nitrogens with one attached hydrogen (secondary N) is 3. The molecular weight excluding hydrogens is 475 g/mol. The monoisotopic (exact) mass is 520 g/mol. The second-order valence-corrected chi connectivity index (χ2v) is 10.3. The predicted molar refractivity (Wildman–Crippen MR) is 142 cm³/mol. The van der Waals surface area contributed by atoms with Gasteiger partial charge in [0.2, 0.25) is 0 Å². The minimum Gasteiger partial charge on any atom is -0.453 e. The highest BCUT2D eigenvalue weighted by atomic mass is 19.1. The van der Waals surface area contributed by atoms with Gasteiger partial charge in [0.15, 0.2) is 0 Å². The van der Waals surface area contributed by atoms with E-state index < -0.39 is 6.09 Å². The van der Waals surface area contributed by atoms with Crippen LogP contribution in [0.4, 0.5) is 14.0 Å². The molecule has 8 nitrogen and oxygen atoms in total. The Morgan fingerprint density at radius 1 is 1.16 bits per heavy atom. The molecule has 2 fully saturated rings. The van der Waals surface area contributed by atoms with Crippen LogP contribution in [0.3, 0.4) is 0 Å². The van der Waals surface area contributed by atoms with Crippen molar-refractivity contribution in [2.45, 2.75) is 70.4 Å². The molecule has 1 heterocycles. The third-order valence-electron chi connectivity index (χ3n) is 7.52. The molecule has 1 saturated carbocycles. The number of carbonyl (C=O) groups is 2. The molecule has 9 heteroatoms. The molecule has 1 aliphatic carbocycles. The fourth-order valence-electron chi connectivity index (χ4n) is 5.64. The normalized spacial score (nSPS) is 20.2. The van der Waals surface area contributed by atoms with Crippen molar-refractivity contribution < 1.29 is 23.5 Å². The number of alkyl carbamates (subject to hydrolysis) is 1. The topological polar surface area (TPSA) is 91.9 Å². The number of methoxy groups -OCH3 is 1. The van der Waals surface area contributed by atoms with Gasteiger partial charge in [0.1, 0.15) is 5.82 Å². The number of likely N-dealkylation sites (tertiary alicyclic amines) is 1. The molecule has 0 spiro atoms. The van der Waals surface area contributed by atoms with E-state index in [9.17, 15) is 14.0 Å². The second kappa shape index (κ2) is 15.8. The summed E-state index contributed by atoms with van der Waals surface area (Å²) in [5.74, 6) is 0.374. The van der Waals surface area contributed by atoms with E-state index in [1.165, 1.54) is 51.3 Å². The minimum absolute atomic E-state index is 0.0185. The number of urea groups is 1. The molecule has 0 bridgehead atoms. The van der Waals surface area contributed by atoms with Crippen molar-refractivity contribution in [1.82, 2.24) is 20.9 Å². The first kappa shape index (κ1) is 29.2. The van der Waals surface area contributed by atoms with E-state index in [0.717, 1.165) is 37.9 Å². The SMILES string of the molecule is CCNC[C@H](CC1CCCCC1)NC(=O)N1CCC[C@@H](C(OCCNC(=O)OC)c2cccc(F)c2)C1. The van der Waals surface area contributed by atoms with E-state index in [1.54, 1.807) is 6.07 Å². The predicted octanol–water partition coefficient (Wildman–Crippen LogP) is 4.61. The summed E-state index contributed by atoms with van der Waals surface area (Å²) in [6.45, 7) is 5.50. The molecule has 1 aromatic rings. The summed E-state index contributed by atoms with van der Waals surface area (Å²) in [5, 5.41) is 9.34. The molecule has 37 heavy (non-hydrogen) atoms. The van der Waals surface area contributed by atoms with Crippen LogP contribution in [0.1, 0.15) is 70.0 Å². The maximum absolute atomic E-state index is 14.1. The Kier molecular flexibility index (Phi) is 12.4. The maximum atomic E-state index is 14.1. The molecule has 1 aromatic carbocycles. The lowest BCUT2D eigenvalue weighted by atomic mass is 9.84. The van der Waals surface area contributed by atoms with Crippen molar-refractivity contribution >= 4 is 12.1 Å². The smallest absolute Gasteiger partial charge is 0.406 e. The largest absolute Gasteiger partial charge is 0.453 e. The van der Waals surface area contributed by atoms with E-state index >= 15 is 0 Å². The van der Waals surface area contributed by atoms with Crippen LogP contribution in [0.5, 0.6) is 0 Å². The Hall–Kier alpha value is -2.39. The first-order chi connectivity index (χ1) is 18.0. The number of benzene rings is 1. The van der Waals surface area contributed by atoms with Gasteiger partial charge in [0, 0.05) is 38.1 Å². The molecule has 3 N–H and O–H groups in total. The van der Waals surface area contributed by atoms with Crippen LogP contribution in [-0.4, -0.2) is 69.5 Å². The van der Waals surface area contributed by atoms with Gasteiger partial charge in [-0.1, -0.05) is 51.2 Å². The molecule has 3 rings (SSSR count). The van der Waals surface area contributed by atoms with Gasteiger partial charge < -0.3 is 30.3 Å². The first-order valence-electron chi connectivity index (χ1n) is 13.9. The van der Waals surface area contributed by atoms with E-state index in [2.05, 4.69) is 27.6 Å². The number of amides is 3. The number of hydrogen-bond acceptors (Lipinski definition) is 5. The third-order valence-corrected chi connectivity index (χ3v) is 7.52. The van der Waals surface area contributed by atoms with Crippen molar-refractivity contribution in [2.75, 3.05) is 46.4 Å². The highest BCUT2D eigenvalue weighted by molar-refractivity contribution is 5.74. The number of piperidine rings is 1. The number of halogens is 1. The zero-order valence-electron chi connectivity index (χ0n) is 22.5. The molecule has 208 valence electrons. The van der Waals surface area contributed by atoms with Gasteiger partial charge >= 0.3 is 12.1 Å². The van der Waals surface area contributed by atoms with Gasteiger partial charge in [0.05, 0.1) is 19.8 Å². The Morgan fingerprint density at radius 2 is 1.97 bits per heavy atom. The maximum Gasteiger partial charge on any atom is 0.406 e. The lowest BCUT2D eigenvalue weighted by molar-refractivity contribution is -0.00880. The van der Waals surface area contributed by atoms with Crippen LogP contribution in [0.15, 0.2) is 24.3 Å². The highest BCUT2D eigenvalue weighted by Crippen LogP contribution is 2.33. The average molecular weight is 521 g/mol. The molecule has 1 unspecified atom stereocenters. The number of nitrogens with zero attached hydrogens (tertiary/aromatic N) is 1. The zero-order valence-corrected chi connectivity index (χ0v) is 22.5. The molecule has 0 radical (unpaired) electrons. The Morgan fingerprint density at radius 3 is 2.70 bits per heavy atom. The molecule has 1 saturated heterocycles. The van der Waals surface area contributed by atoms with Gasteiger partial charge in [-0.2, -0.15) is 0 Å². The van der Waals surface area contributed by atoms with Crippen LogP contribution in [0.2, 0.25) is 0 Å². The Labute approximate surface area is 221 Å². The summed E-state index contributed by atoms with van der Waals surface area (Å²) in [7, 11) is 1.31. The number of likely N-dealkylation sites (N-methyl/N-ethyl adjacent to an activating group) is 1. The molecule has 2 aliphatic rings. The van der Waals surface area contributed by atoms with Gasteiger partial charge in [0.25, 0.3) is 0 Å². The third kappa shape index (κ3) is 9.78. The van der Waals surface area contributed by atoms with Crippen LogP contribution >= 0.6 is 0 Å². The first-order valence-corrected chi connectivity index (χ1v) is 13.9. The van der Waals surface area contributed by atoms with Gasteiger partial charge in [-0.25, -0.2) is 14.0 Å². The van der Waals surface area contributed by atoms with Crippen LogP contribution in [0.25, 0.3) is 0 Å². The van der Waals surface area contributed by atoms with Crippen molar-refractivity contribution in [1.29, 1.82) is 0 Å². The summed E-state index contributed by atoms with van der Waals surface area (Å²) in [6.07, 6.45) is 8.24. The number of ether oxygens (including phenoxy) is 2. The fraction of sp³-hybridized carbons (Fsp3) is 0.714.